The molecule has 0 aromatic heterocycles. The Morgan fingerprint density at radius 1 is 0.889 bits per heavy atom. The lowest BCUT2D eigenvalue weighted by Crippen LogP contribution is -2.31. The van der Waals surface area contributed by atoms with Crippen LogP contribution in [-0.4, -0.2) is 15.0 Å². The molecule has 0 radical (unpaired) electrons. The number of nitrogens with one attached hydrogen (secondary N) is 2. The lowest BCUT2D eigenvalue weighted by atomic mass is 10.1. The van der Waals surface area contributed by atoms with Crippen molar-refractivity contribution >= 4 is 27.3 Å². The highest BCUT2D eigenvalue weighted by atomic mass is 35.5. The predicted octanol–water partition coefficient (Wildman–Crippen LogP) is 4.78. The Hall–Kier alpha value is -2.34. The Labute approximate surface area is 165 Å². The van der Waals surface area contributed by atoms with E-state index in [0.717, 1.165) is 16.8 Å². The van der Waals surface area contributed by atoms with E-state index in [1.165, 1.54) is 12.1 Å². The van der Waals surface area contributed by atoms with Crippen molar-refractivity contribution in [1.29, 1.82) is 0 Å². The Kier molecular flexibility index (Phi) is 6.16. The fraction of sp³-hybridized carbons (Fsp3) is 0.143. The molecule has 0 amide bonds. The Morgan fingerprint density at radius 3 is 2.19 bits per heavy atom. The van der Waals surface area contributed by atoms with Gasteiger partial charge in [-0.15, -0.1) is 0 Å². The topological polar surface area (TPSA) is 58.2 Å². The van der Waals surface area contributed by atoms with Crippen LogP contribution in [-0.2, 0) is 10.0 Å². The van der Waals surface area contributed by atoms with Crippen LogP contribution in [0, 0.1) is 6.92 Å². The fourth-order valence-corrected chi connectivity index (χ4v) is 3.92. The largest absolute Gasteiger partial charge is 0.377 e. The van der Waals surface area contributed by atoms with Gasteiger partial charge in [-0.3, -0.25) is 0 Å². The zero-order valence-electron chi connectivity index (χ0n) is 14.9. The van der Waals surface area contributed by atoms with Gasteiger partial charge in [0.2, 0.25) is 10.0 Å². The van der Waals surface area contributed by atoms with Gasteiger partial charge in [-0.2, -0.15) is 0 Å². The summed E-state index contributed by atoms with van der Waals surface area (Å²) < 4.78 is 27.9. The van der Waals surface area contributed by atoms with E-state index in [0.29, 0.717) is 5.02 Å². The Morgan fingerprint density at radius 2 is 1.52 bits per heavy atom. The molecule has 0 aliphatic rings. The number of para-hydroxylation sites is 1. The van der Waals surface area contributed by atoms with E-state index >= 15 is 0 Å². The molecule has 0 aliphatic carbocycles. The van der Waals surface area contributed by atoms with Crippen LogP contribution in [0.15, 0.2) is 83.8 Å². The molecule has 3 aromatic rings. The number of aryl methyl sites for hydroxylation is 1. The van der Waals surface area contributed by atoms with Gasteiger partial charge in [-0.05, 0) is 48.4 Å². The third-order valence-corrected chi connectivity index (χ3v) is 5.97. The van der Waals surface area contributed by atoms with E-state index in [4.69, 9.17) is 11.6 Å². The Balaban J connectivity index is 1.81. The molecule has 3 aromatic carbocycles. The average molecular weight is 401 g/mol. The van der Waals surface area contributed by atoms with Gasteiger partial charge >= 0.3 is 0 Å². The second kappa shape index (κ2) is 8.57. The second-order valence-corrected chi connectivity index (χ2v) is 8.43. The number of hydrogen-bond donors (Lipinski definition) is 2. The third-order valence-electron chi connectivity index (χ3n) is 4.28. The first-order valence-corrected chi connectivity index (χ1v) is 10.4. The molecule has 27 heavy (non-hydrogen) atoms. The van der Waals surface area contributed by atoms with Crippen LogP contribution in [0.1, 0.15) is 17.2 Å². The molecule has 140 valence electrons. The molecule has 0 saturated carbocycles. The summed E-state index contributed by atoms with van der Waals surface area (Å²) in [6.07, 6.45) is 0. The molecule has 6 heteroatoms. The minimum Gasteiger partial charge on any atom is -0.377 e. The average Bonchev–Trinajstić information content (AvgIpc) is 2.67. The highest BCUT2D eigenvalue weighted by molar-refractivity contribution is 7.89. The van der Waals surface area contributed by atoms with Gasteiger partial charge in [0.1, 0.15) is 0 Å². The fourth-order valence-electron chi connectivity index (χ4n) is 2.75. The van der Waals surface area contributed by atoms with Gasteiger partial charge in [0.05, 0.1) is 10.9 Å². The number of rotatable bonds is 7. The maximum absolute atomic E-state index is 12.6. The van der Waals surface area contributed by atoms with Crippen molar-refractivity contribution in [2.75, 3.05) is 11.9 Å². The first kappa shape index (κ1) is 19.4. The first-order chi connectivity index (χ1) is 13.0. The molecule has 0 spiro atoms. The molecule has 0 saturated heterocycles. The predicted molar refractivity (Wildman–Crippen MR) is 111 cm³/mol. The number of sulfonamides is 1. The summed E-state index contributed by atoms with van der Waals surface area (Å²) in [7, 11) is -3.63. The number of anilines is 1. The molecule has 0 heterocycles. The number of hydrogen-bond acceptors (Lipinski definition) is 3. The smallest absolute Gasteiger partial charge is 0.240 e. The quantitative estimate of drug-likeness (QED) is 0.600. The van der Waals surface area contributed by atoms with Gasteiger partial charge in [-0.25, -0.2) is 13.1 Å². The second-order valence-electron chi connectivity index (χ2n) is 6.23. The van der Waals surface area contributed by atoms with Crippen molar-refractivity contribution in [3.63, 3.8) is 0 Å². The van der Waals surface area contributed by atoms with Crippen LogP contribution in [0.25, 0.3) is 0 Å². The molecule has 0 aliphatic heterocycles. The SMILES string of the molecule is Cc1ccccc1N[C@@H](CNS(=O)(=O)c1ccc(Cl)cc1)c1ccccc1. The summed E-state index contributed by atoms with van der Waals surface area (Å²) in [5, 5.41) is 3.95. The zero-order chi connectivity index (χ0) is 19.3. The molecule has 0 bridgehead atoms. The van der Waals surface area contributed by atoms with Crippen LogP contribution < -0.4 is 10.0 Å². The van der Waals surface area contributed by atoms with E-state index in [-0.39, 0.29) is 17.5 Å². The Bertz CT molecular complexity index is 990. The van der Waals surface area contributed by atoms with Gasteiger partial charge in [0.25, 0.3) is 0 Å². The molecule has 4 nitrogen and oxygen atoms in total. The maximum atomic E-state index is 12.6. The van der Waals surface area contributed by atoms with Crippen molar-refractivity contribution in [1.82, 2.24) is 4.72 Å². The summed E-state index contributed by atoms with van der Waals surface area (Å²) in [5.74, 6) is 0. The lowest BCUT2D eigenvalue weighted by molar-refractivity contribution is 0.576. The maximum Gasteiger partial charge on any atom is 0.240 e. The molecule has 3 rings (SSSR count). The van der Waals surface area contributed by atoms with Crippen LogP contribution in [0.2, 0.25) is 5.02 Å². The van der Waals surface area contributed by atoms with Crippen molar-refractivity contribution < 1.29 is 8.42 Å². The molecule has 1 atom stereocenters. The van der Waals surface area contributed by atoms with Crippen molar-refractivity contribution in [2.45, 2.75) is 17.9 Å². The van der Waals surface area contributed by atoms with Gasteiger partial charge in [0, 0.05) is 17.3 Å². The van der Waals surface area contributed by atoms with E-state index in [9.17, 15) is 8.42 Å². The lowest BCUT2D eigenvalue weighted by Gasteiger charge is -2.22. The highest BCUT2D eigenvalue weighted by Crippen LogP contribution is 2.22. The van der Waals surface area contributed by atoms with Crippen molar-refractivity contribution in [3.05, 3.63) is 95.0 Å². The van der Waals surface area contributed by atoms with E-state index < -0.39 is 10.0 Å². The summed E-state index contributed by atoms with van der Waals surface area (Å²) in [6.45, 7) is 2.23. The van der Waals surface area contributed by atoms with Crippen LogP contribution in [0.5, 0.6) is 0 Å². The molecule has 2 N–H and O–H groups in total. The normalized spacial score (nSPS) is 12.5. The molecule has 0 fully saturated rings. The molecular formula is C21H21ClN2O2S. The van der Waals surface area contributed by atoms with Crippen molar-refractivity contribution in [3.8, 4) is 0 Å². The number of halogens is 1. The van der Waals surface area contributed by atoms with Gasteiger partial charge in [-0.1, -0.05) is 60.1 Å². The molecule has 0 unspecified atom stereocenters. The van der Waals surface area contributed by atoms with E-state index in [1.54, 1.807) is 12.1 Å². The standard InChI is InChI=1S/C21H21ClN2O2S/c1-16-7-5-6-10-20(16)24-21(17-8-3-2-4-9-17)15-23-27(25,26)19-13-11-18(22)12-14-19/h2-14,21,23-24H,15H2,1H3/t21-/m0/s1. The highest BCUT2D eigenvalue weighted by Gasteiger charge is 2.18. The van der Waals surface area contributed by atoms with Crippen molar-refractivity contribution in [2.24, 2.45) is 0 Å². The molecular weight excluding hydrogens is 380 g/mol. The summed E-state index contributed by atoms with van der Waals surface area (Å²) in [6, 6.07) is 23.6. The van der Waals surface area contributed by atoms with Crippen LogP contribution >= 0.6 is 11.6 Å². The summed E-state index contributed by atoms with van der Waals surface area (Å²) in [5.41, 5.74) is 3.07. The minimum absolute atomic E-state index is 0.189. The van der Waals surface area contributed by atoms with E-state index in [2.05, 4.69) is 10.0 Å². The summed E-state index contributed by atoms with van der Waals surface area (Å²) >= 11 is 5.85. The third kappa shape index (κ3) is 5.10. The van der Waals surface area contributed by atoms with Gasteiger partial charge in [0.15, 0.2) is 0 Å². The van der Waals surface area contributed by atoms with Crippen LogP contribution in [0.3, 0.4) is 0 Å². The monoisotopic (exact) mass is 400 g/mol. The first-order valence-electron chi connectivity index (χ1n) is 8.58. The minimum atomic E-state index is -3.63. The van der Waals surface area contributed by atoms with E-state index in [1.807, 2.05) is 61.5 Å². The van der Waals surface area contributed by atoms with Gasteiger partial charge < -0.3 is 5.32 Å². The van der Waals surface area contributed by atoms with Crippen LogP contribution in [0.4, 0.5) is 5.69 Å². The number of benzene rings is 3. The summed E-state index contributed by atoms with van der Waals surface area (Å²) in [4.78, 5) is 0.189. The zero-order valence-corrected chi connectivity index (χ0v) is 16.5.